The minimum Gasteiger partial charge on any atom is -0.756 e. The maximum absolute atomic E-state index is 13.4. The number of aliphatic carboxylic acids is 1. The molecule has 1 amide bonds. The van der Waals surface area contributed by atoms with Crippen molar-refractivity contribution in [1.82, 2.24) is 5.32 Å². The van der Waals surface area contributed by atoms with Crippen molar-refractivity contribution in [2.45, 2.75) is 165 Å². The van der Waals surface area contributed by atoms with Crippen molar-refractivity contribution in [2.24, 2.45) is 5.73 Å². The summed E-state index contributed by atoms with van der Waals surface area (Å²) in [6.45, 7) is 4.17. The number of hydrogen-bond acceptors (Lipinski definition) is 10. The van der Waals surface area contributed by atoms with Gasteiger partial charge in [0.05, 0.1) is 52.0 Å². The number of likely N-dealkylation sites (N-methyl/N-ethyl adjacent to an activating group) is 1. The number of nitrogens with zero attached hydrogens (tertiary/aromatic N) is 1. The number of carboxylic acids is 1. The van der Waals surface area contributed by atoms with Crippen LogP contribution in [0.3, 0.4) is 0 Å². The summed E-state index contributed by atoms with van der Waals surface area (Å²) in [6.07, 6.45) is 35.7. The highest BCUT2D eigenvalue weighted by atomic mass is 32.2. The van der Waals surface area contributed by atoms with Gasteiger partial charge in [-0.05, 0) is 44.9 Å². The number of carbonyl (C=O) groups is 2. The third-order valence-corrected chi connectivity index (χ3v) is 11.9. The lowest BCUT2D eigenvalue weighted by atomic mass is 10.1. The van der Waals surface area contributed by atoms with Crippen LogP contribution in [0.5, 0.6) is 0 Å². The van der Waals surface area contributed by atoms with Crippen LogP contribution in [0.2, 0.25) is 0 Å². The highest BCUT2D eigenvalue weighted by Crippen LogP contribution is 2.38. The molecule has 0 bridgehead atoms. The standard InChI is InChI=1S/C45H82N3O9PS/c1-6-8-10-12-14-16-18-20-22-24-26-28-31-41(49)40(37-57-58(54,55)56-36-35-48(3,4)5)47-45(53)39(46)38-59-43(42(50)32-30-34-44(51)52)33-29-27-25-23-21-19-17-15-13-11-9-7-2/h15,17,21,23,25,27-29,31,33,39-43,49-50H,6-14,16,18-20,22,24,26,30,32,34-38,46H2,1-5H3,(H2-,47,51,52,53,54,55)/b17-15-,23-21-,27-25+,31-28+,33-29+/t39-,40-,41+,42-,43+/m0/s1. The van der Waals surface area contributed by atoms with E-state index in [1.165, 1.54) is 76.0 Å². The van der Waals surface area contributed by atoms with E-state index in [-0.39, 0.29) is 31.6 Å². The van der Waals surface area contributed by atoms with E-state index in [1.807, 2.05) is 51.5 Å². The molecule has 0 fully saturated rings. The molecule has 0 saturated heterocycles. The molecule has 0 aliphatic carbocycles. The van der Waals surface area contributed by atoms with Gasteiger partial charge >= 0.3 is 5.97 Å². The molecule has 0 aromatic rings. The van der Waals surface area contributed by atoms with Gasteiger partial charge in [0.2, 0.25) is 5.91 Å². The van der Waals surface area contributed by atoms with Crippen LogP contribution < -0.4 is 15.9 Å². The summed E-state index contributed by atoms with van der Waals surface area (Å²) in [5, 5.41) is 33.3. The van der Waals surface area contributed by atoms with E-state index in [1.54, 1.807) is 18.2 Å². The Bertz CT molecular complexity index is 1270. The average Bonchev–Trinajstić information content (AvgIpc) is 3.17. The zero-order valence-electron chi connectivity index (χ0n) is 37.1. The summed E-state index contributed by atoms with van der Waals surface area (Å²) < 4.78 is 23.2. The van der Waals surface area contributed by atoms with Crippen molar-refractivity contribution in [2.75, 3.05) is 46.7 Å². The van der Waals surface area contributed by atoms with Gasteiger partial charge in [-0.15, -0.1) is 11.8 Å². The second-order valence-electron chi connectivity index (χ2n) is 16.3. The van der Waals surface area contributed by atoms with Crippen LogP contribution in [0.25, 0.3) is 0 Å². The van der Waals surface area contributed by atoms with Gasteiger partial charge in [0.15, 0.2) is 0 Å². The van der Waals surface area contributed by atoms with E-state index >= 15 is 0 Å². The van der Waals surface area contributed by atoms with Crippen molar-refractivity contribution < 1.29 is 47.9 Å². The number of phosphoric acid groups is 1. The molecular weight excluding hydrogens is 790 g/mol. The van der Waals surface area contributed by atoms with E-state index in [9.17, 15) is 29.3 Å². The predicted octanol–water partition coefficient (Wildman–Crippen LogP) is 8.15. The Labute approximate surface area is 362 Å². The summed E-state index contributed by atoms with van der Waals surface area (Å²) in [5.74, 6) is -1.50. The fraction of sp³-hybridized carbons (Fsp3) is 0.733. The van der Waals surface area contributed by atoms with E-state index in [2.05, 4.69) is 31.3 Å². The van der Waals surface area contributed by atoms with E-state index in [0.717, 1.165) is 38.5 Å². The Balaban J connectivity index is 5.48. The fourth-order valence-electron chi connectivity index (χ4n) is 5.75. The van der Waals surface area contributed by atoms with Crippen LogP contribution in [0.15, 0.2) is 60.8 Å². The molecule has 6 atom stereocenters. The molecule has 59 heavy (non-hydrogen) atoms. The topological polar surface area (TPSA) is 191 Å². The first-order valence-electron chi connectivity index (χ1n) is 22.1. The molecule has 0 spiro atoms. The number of aliphatic hydroxyl groups excluding tert-OH is 2. The Morgan fingerprint density at radius 2 is 1.39 bits per heavy atom. The first kappa shape index (κ1) is 56.9. The summed E-state index contributed by atoms with van der Waals surface area (Å²) in [5.41, 5.74) is 6.30. The van der Waals surface area contributed by atoms with Gasteiger partial charge in [-0.3, -0.25) is 14.2 Å². The molecule has 0 heterocycles. The van der Waals surface area contributed by atoms with Crippen molar-refractivity contribution in [3.05, 3.63) is 60.8 Å². The number of quaternary nitrogens is 1. The summed E-state index contributed by atoms with van der Waals surface area (Å²) in [6, 6.07) is -2.22. The van der Waals surface area contributed by atoms with Gasteiger partial charge in [-0.2, -0.15) is 0 Å². The lowest BCUT2D eigenvalue weighted by molar-refractivity contribution is -0.870. The van der Waals surface area contributed by atoms with Crippen molar-refractivity contribution in [3.8, 4) is 0 Å². The number of carbonyl (C=O) groups excluding carboxylic acids is 1. The number of phosphoric ester groups is 1. The third kappa shape index (κ3) is 36.3. The van der Waals surface area contributed by atoms with E-state index < -0.39 is 55.8 Å². The molecule has 6 N–H and O–H groups in total. The number of amides is 1. The number of hydrogen-bond donors (Lipinski definition) is 5. The SMILES string of the molecule is CCCCC/C=C\C\C=C/C=C/C=C/[C@@H](SC[C@H](N)C(=O)N[C@@H](COP(=O)([O-])OCC[N+](C)(C)C)[C@H](O)/C=C/CCCCCCCCCCCC)[C@@H](O)CCCC(=O)O. The molecule has 0 saturated carbocycles. The van der Waals surface area contributed by atoms with Gasteiger partial charge in [0.1, 0.15) is 13.2 Å². The molecule has 0 aliphatic heterocycles. The molecule has 0 radical (unpaired) electrons. The van der Waals surface area contributed by atoms with Crippen LogP contribution in [-0.2, 0) is 23.2 Å². The zero-order chi connectivity index (χ0) is 44.2. The highest BCUT2D eigenvalue weighted by molar-refractivity contribution is 8.00. The zero-order valence-corrected chi connectivity index (χ0v) is 38.8. The maximum Gasteiger partial charge on any atom is 0.303 e. The van der Waals surface area contributed by atoms with Crippen LogP contribution in [0.4, 0.5) is 0 Å². The Morgan fingerprint density at radius 3 is 2.03 bits per heavy atom. The summed E-state index contributed by atoms with van der Waals surface area (Å²) in [7, 11) is 0.951. The number of allylic oxidation sites excluding steroid dienone is 8. The van der Waals surface area contributed by atoms with E-state index in [0.29, 0.717) is 11.0 Å². The number of thioether (sulfide) groups is 1. The van der Waals surface area contributed by atoms with Crippen molar-refractivity contribution in [1.29, 1.82) is 0 Å². The molecule has 1 unspecified atom stereocenters. The largest absolute Gasteiger partial charge is 0.756 e. The summed E-state index contributed by atoms with van der Waals surface area (Å²) >= 11 is 1.25. The van der Waals surface area contributed by atoms with E-state index in [4.69, 9.17) is 19.9 Å². The highest BCUT2D eigenvalue weighted by Gasteiger charge is 2.27. The third-order valence-electron chi connectivity index (χ3n) is 9.48. The van der Waals surface area contributed by atoms with Crippen LogP contribution in [0, 0.1) is 0 Å². The average molecular weight is 872 g/mol. The molecule has 12 nitrogen and oxygen atoms in total. The lowest BCUT2D eigenvalue weighted by Gasteiger charge is -2.30. The lowest BCUT2D eigenvalue weighted by Crippen LogP contribution is -2.52. The Kier molecular flexibility index (Phi) is 35.3. The van der Waals surface area contributed by atoms with Gasteiger partial charge in [-0.1, -0.05) is 145 Å². The first-order valence-corrected chi connectivity index (χ1v) is 24.6. The predicted molar refractivity (Wildman–Crippen MR) is 243 cm³/mol. The molecule has 0 aliphatic rings. The smallest absolute Gasteiger partial charge is 0.303 e. The molecule has 14 heteroatoms. The monoisotopic (exact) mass is 872 g/mol. The number of nitrogens with two attached hydrogens (primary N) is 1. The quantitative estimate of drug-likeness (QED) is 0.0132. The normalized spacial score (nSPS) is 16.4. The van der Waals surface area contributed by atoms with Crippen molar-refractivity contribution >= 4 is 31.5 Å². The second-order valence-corrected chi connectivity index (χ2v) is 18.9. The molecule has 0 aromatic heterocycles. The van der Waals surface area contributed by atoms with Gasteiger partial charge in [0, 0.05) is 17.4 Å². The summed E-state index contributed by atoms with van der Waals surface area (Å²) in [4.78, 5) is 37.0. The van der Waals surface area contributed by atoms with Crippen molar-refractivity contribution in [3.63, 3.8) is 0 Å². The number of carboxylic acid groups (broad SMARTS) is 1. The fourth-order valence-corrected chi connectivity index (χ4v) is 7.61. The first-order chi connectivity index (χ1) is 28.1. The number of unbranched alkanes of at least 4 members (excludes halogenated alkanes) is 13. The Hall–Kier alpha value is -2.06. The molecule has 342 valence electrons. The van der Waals surface area contributed by atoms with Crippen LogP contribution >= 0.6 is 19.6 Å². The molecule has 0 aromatic carbocycles. The molecule has 0 rings (SSSR count). The van der Waals surface area contributed by atoms with Crippen LogP contribution in [-0.4, -0.2) is 108 Å². The minimum absolute atomic E-state index is 0.0749. The number of nitrogens with one attached hydrogen (secondary N) is 1. The van der Waals surface area contributed by atoms with Gasteiger partial charge in [0.25, 0.3) is 7.82 Å². The number of rotatable bonds is 39. The van der Waals surface area contributed by atoms with Gasteiger partial charge in [-0.25, -0.2) is 0 Å². The maximum atomic E-state index is 13.4. The Morgan fingerprint density at radius 1 is 0.797 bits per heavy atom. The van der Waals surface area contributed by atoms with Gasteiger partial charge < -0.3 is 44.8 Å². The number of aliphatic hydroxyl groups is 2. The van der Waals surface area contributed by atoms with Crippen LogP contribution in [0.1, 0.15) is 136 Å². The minimum atomic E-state index is -4.75. The molecular formula is C45H82N3O9PS. The second kappa shape index (κ2) is 36.6.